The Morgan fingerprint density at radius 3 is 2.50 bits per heavy atom. The lowest BCUT2D eigenvalue weighted by Gasteiger charge is -2.29. The highest BCUT2D eigenvalue weighted by Gasteiger charge is 2.15. The third-order valence-electron chi connectivity index (χ3n) is 4.44. The molecule has 1 aliphatic heterocycles. The maximum Gasteiger partial charge on any atom is 0.0237 e. The normalized spacial score (nSPS) is 18.5. The smallest absolute Gasteiger partial charge is 0.0237 e. The van der Waals surface area contributed by atoms with E-state index in [9.17, 15) is 0 Å². The van der Waals surface area contributed by atoms with Crippen molar-refractivity contribution in [2.75, 3.05) is 13.1 Å². The molecule has 2 aromatic rings. The lowest BCUT2D eigenvalue weighted by atomic mass is 9.96. The molecule has 0 fully saturated rings. The molecule has 1 heterocycles. The van der Waals surface area contributed by atoms with Gasteiger partial charge in [-0.25, -0.2) is 0 Å². The molecule has 0 saturated heterocycles. The molecule has 1 heteroatoms. The van der Waals surface area contributed by atoms with E-state index in [0.29, 0.717) is 5.92 Å². The van der Waals surface area contributed by atoms with Crippen LogP contribution >= 0.6 is 0 Å². The molecular weight excluding hydrogens is 266 g/mol. The largest absolute Gasteiger partial charge is 0.295 e. The van der Waals surface area contributed by atoms with Crippen molar-refractivity contribution in [1.82, 2.24) is 4.90 Å². The van der Waals surface area contributed by atoms with E-state index in [0.717, 1.165) is 13.1 Å². The van der Waals surface area contributed by atoms with E-state index in [4.69, 9.17) is 0 Å². The number of rotatable bonds is 5. The molecule has 0 aromatic heterocycles. The number of benzene rings is 2. The molecular formula is C21H25N. The fraction of sp³-hybridized carbons (Fsp3) is 0.333. The third-order valence-corrected chi connectivity index (χ3v) is 4.44. The van der Waals surface area contributed by atoms with Crippen LogP contribution in [0.5, 0.6) is 0 Å². The van der Waals surface area contributed by atoms with Gasteiger partial charge in [0, 0.05) is 19.6 Å². The van der Waals surface area contributed by atoms with Crippen molar-refractivity contribution < 1.29 is 0 Å². The second-order valence-corrected chi connectivity index (χ2v) is 6.39. The number of hydrogen-bond donors (Lipinski definition) is 0. The summed E-state index contributed by atoms with van der Waals surface area (Å²) < 4.78 is 0. The second-order valence-electron chi connectivity index (χ2n) is 6.39. The Morgan fingerprint density at radius 1 is 0.955 bits per heavy atom. The van der Waals surface area contributed by atoms with E-state index in [1.165, 1.54) is 36.1 Å². The summed E-state index contributed by atoms with van der Waals surface area (Å²) in [5.41, 5.74) is 4.21. The van der Waals surface area contributed by atoms with Gasteiger partial charge in [0.05, 0.1) is 0 Å². The Bertz CT molecular complexity index is 598. The fourth-order valence-electron chi connectivity index (χ4n) is 3.13. The van der Waals surface area contributed by atoms with Gasteiger partial charge < -0.3 is 0 Å². The first-order valence-electron chi connectivity index (χ1n) is 8.28. The molecule has 1 nitrogen and oxygen atoms in total. The van der Waals surface area contributed by atoms with Gasteiger partial charge in [0.2, 0.25) is 0 Å². The SMILES string of the molecule is Cc1ccc(CC[C@@H]2C=CCN(Cc3ccccc3)C2)cc1. The standard InChI is InChI=1S/C21H25N/c1-18-9-11-19(12-10-18)13-14-21-8-5-15-22(17-21)16-20-6-3-2-4-7-20/h2-12,21H,13-17H2,1H3/t21-/m0/s1. The highest BCUT2D eigenvalue weighted by atomic mass is 15.1. The molecule has 0 aliphatic carbocycles. The summed E-state index contributed by atoms with van der Waals surface area (Å²) in [5, 5.41) is 0. The van der Waals surface area contributed by atoms with E-state index in [1.807, 2.05) is 0 Å². The zero-order chi connectivity index (χ0) is 15.2. The first-order valence-corrected chi connectivity index (χ1v) is 8.28. The zero-order valence-corrected chi connectivity index (χ0v) is 13.4. The Kier molecular flexibility index (Phi) is 5.07. The van der Waals surface area contributed by atoms with Crippen LogP contribution in [-0.4, -0.2) is 18.0 Å². The quantitative estimate of drug-likeness (QED) is 0.727. The maximum absolute atomic E-state index is 2.55. The molecule has 1 aliphatic rings. The van der Waals surface area contributed by atoms with E-state index < -0.39 is 0 Å². The first kappa shape index (κ1) is 15.1. The van der Waals surface area contributed by atoms with Gasteiger partial charge in [-0.05, 0) is 36.8 Å². The summed E-state index contributed by atoms with van der Waals surface area (Å²) in [6.45, 7) is 5.47. The highest BCUT2D eigenvalue weighted by molar-refractivity contribution is 5.21. The van der Waals surface area contributed by atoms with Crippen LogP contribution in [0.25, 0.3) is 0 Å². The van der Waals surface area contributed by atoms with E-state index in [-0.39, 0.29) is 0 Å². The molecule has 0 spiro atoms. The van der Waals surface area contributed by atoms with Crippen molar-refractivity contribution in [3.05, 3.63) is 83.4 Å². The monoisotopic (exact) mass is 291 g/mol. The van der Waals surface area contributed by atoms with Gasteiger partial charge in [-0.1, -0.05) is 72.3 Å². The summed E-state index contributed by atoms with van der Waals surface area (Å²) in [4.78, 5) is 2.55. The summed E-state index contributed by atoms with van der Waals surface area (Å²) in [6.07, 6.45) is 7.17. The molecule has 1 atom stereocenters. The van der Waals surface area contributed by atoms with Gasteiger partial charge in [0.1, 0.15) is 0 Å². The van der Waals surface area contributed by atoms with Crippen LogP contribution in [0.2, 0.25) is 0 Å². The molecule has 0 amide bonds. The van der Waals surface area contributed by atoms with Crippen LogP contribution in [0.1, 0.15) is 23.1 Å². The predicted octanol–water partition coefficient (Wildman–Crippen LogP) is 4.62. The fourth-order valence-corrected chi connectivity index (χ4v) is 3.13. The lowest BCUT2D eigenvalue weighted by molar-refractivity contribution is 0.246. The van der Waals surface area contributed by atoms with Crippen molar-refractivity contribution in [3.8, 4) is 0 Å². The van der Waals surface area contributed by atoms with Crippen molar-refractivity contribution >= 4 is 0 Å². The number of nitrogens with zero attached hydrogens (tertiary/aromatic N) is 1. The van der Waals surface area contributed by atoms with E-state index in [1.54, 1.807) is 0 Å². The van der Waals surface area contributed by atoms with Gasteiger partial charge in [-0.3, -0.25) is 4.90 Å². The average Bonchev–Trinajstić information content (AvgIpc) is 2.56. The van der Waals surface area contributed by atoms with E-state index in [2.05, 4.69) is 78.6 Å². The molecule has 0 unspecified atom stereocenters. The molecule has 0 bridgehead atoms. The van der Waals surface area contributed by atoms with Crippen LogP contribution in [0, 0.1) is 12.8 Å². The molecule has 22 heavy (non-hydrogen) atoms. The number of aryl methyl sites for hydroxylation is 2. The minimum atomic E-state index is 0.679. The molecule has 114 valence electrons. The van der Waals surface area contributed by atoms with Gasteiger partial charge in [-0.15, -0.1) is 0 Å². The first-order chi connectivity index (χ1) is 10.8. The zero-order valence-electron chi connectivity index (χ0n) is 13.4. The predicted molar refractivity (Wildman–Crippen MR) is 93.8 cm³/mol. The maximum atomic E-state index is 2.55. The Hall–Kier alpha value is -1.86. The van der Waals surface area contributed by atoms with Crippen molar-refractivity contribution in [3.63, 3.8) is 0 Å². The minimum absolute atomic E-state index is 0.679. The molecule has 0 radical (unpaired) electrons. The Balaban J connectivity index is 1.51. The van der Waals surface area contributed by atoms with E-state index >= 15 is 0 Å². The van der Waals surface area contributed by atoms with Gasteiger partial charge in [0.25, 0.3) is 0 Å². The average molecular weight is 291 g/mol. The van der Waals surface area contributed by atoms with Crippen molar-refractivity contribution in [2.24, 2.45) is 5.92 Å². The topological polar surface area (TPSA) is 3.24 Å². The minimum Gasteiger partial charge on any atom is -0.295 e. The molecule has 3 rings (SSSR count). The van der Waals surface area contributed by atoms with Crippen molar-refractivity contribution in [2.45, 2.75) is 26.3 Å². The third kappa shape index (κ3) is 4.32. The number of hydrogen-bond acceptors (Lipinski definition) is 1. The van der Waals surface area contributed by atoms with Crippen LogP contribution in [0.15, 0.2) is 66.7 Å². The summed E-state index contributed by atoms with van der Waals surface area (Å²) >= 11 is 0. The van der Waals surface area contributed by atoms with Gasteiger partial charge in [-0.2, -0.15) is 0 Å². The van der Waals surface area contributed by atoms with Crippen LogP contribution in [-0.2, 0) is 13.0 Å². The van der Waals surface area contributed by atoms with Gasteiger partial charge >= 0.3 is 0 Å². The lowest BCUT2D eigenvalue weighted by Crippen LogP contribution is -2.32. The molecule has 0 N–H and O–H groups in total. The Labute approximate surface area is 134 Å². The summed E-state index contributed by atoms with van der Waals surface area (Å²) in [5.74, 6) is 0.679. The molecule has 0 saturated carbocycles. The van der Waals surface area contributed by atoms with Crippen LogP contribution in [0.4, 0.5) is 0 Å². The summed E-state index contributed by atoms with van der Waals surface area (Å²) in [6, 6.07) is 19.8. The van der Waals surface area contributed by atoms with Crippen molar-refractivity contribution in [1.29, 1.82) is 0 Å². The Morgan fingerprint density at radius 2 is 1.73 bits per heavy atom. The second kappa shape index (κ2) is 7.42. The van der Waals surface area contributed by atoms with Crippen LogP contribution < -0.4 is 0 Å². The highest BCUT2D eigenvalue weighted by Crippen LogP contribution is 2.18. The van der Waals surface area contributed by atoms with Crippen LogP contribution in [0.3, 0.4) is 0 Å². The van der Waals surface area contributed by atoms with Gasteiger partial charge in [0.15, 0.2) is 0 Å². The summed E-state index contributed by atoms with van der Waals surface area (Å²) in [7, 11) is 0. The molecule has 2 aromatic carbocycles.